The Morgan fingerprint density at radius 3 is 2.57 bits per heavy atom. The number of carbonyl (C=O) groups is 1. The lowest BCUT2D eigenvalue weighted by Gasteiger charge is -2.35. The van der Waals surface area contributed by atoms with E-state index in [1.807, 2.05) is 33.0 Å². The molecule has 0 spiro atoms. The Hall–Kier alpha value is -1.14. The van der Waals surface area contributed by atoms with Crippen LogP contribution in [0.15, 0.2) is 22.9 Å². The molecule has 0 N–H and O–H groups in total. The minimum atomic E-state index is -0.434. The molecule has 0 atom stereocenters. The molecular formula is C15H22BrN3O2. The Balaban J connectivity index is 1.83. The normalized spacial score (nSPS) is 16.9. The second-order valence-corrected chi connectivity index (χ2v) is 7.06. The van der Waals surface area contributed by atoms with Gasteiger partial charge in [-0.15, -0.1) is 0 Å². The number of carbonyl (C=O) groups excluding carboxylic acids is 1. The number of pyridine rings is 1. The Morgan fingerprint density at radius 2 is 2.00 bits per heavy atom. The summed E-state index contributed by atoms with van der Waals surface area (Å²) in [6.07, 6.45) is 3.40. The summed E-state index contributed by atoms with van der Waals surface area (Å²) in [6, 6.07) is 2.02. The standard InChI is InChI=1S/C15H22BrN3O2/c1-15(2,3)21-14(20)19-8-6-18(7-9-19)11-12-4-5-17-10-13(12)16/h4-5,10H,6-9,11H2,1-3H3. The maximum Gasteiger partial charge on any atom is 0.410 e. The van der Waals surface area contributed by atoms with Crippen LogP contribution in [0.25, 0.3) is 0 Å². The smallest absolute Gasteiger partial charge is 0.410 e. The molecule has 1 aromatic heterocycles. The van der Waals surface area contributed by atoms with E-state index in [9.17, 15) is 4.79 Å². The van der Waals surface area contributed by atoms with Crippen molar-refractivity contribution in [1.82, 2.24) is 14.8 Å². The molecule has 1 fully saturated rings. The molecule has 1 aliphatic rings. The van der Waals surface area contributed by atoms with Gasteiger partial charge in [-0.1, -0.05) is 0 Å². The number of hydrogen-bond donors (Lipinski definition) is 0. The number of amides is 1. The molecule has 0 unspecified atom stereocenters. The van der Waals surface area contributed by atoms with Gasteiger partial charge in [-0.3, -0.25) is 9.88 Å². The fourth-order valence-electron chi connectivity index (χ4n) is 2.19. The van der Waals surface area contributed by atoms with Crippen LogP contribution in [0.3, 0.4) is 0 Å². The lowest BCUT2D eigenvalue weighted by Crippen LogP contribution is -2.49. The van der Waals surface area contributed by atoms with Crippen molar-refractivity contribution in [1.29, 1.82) is 0 Å². The van der Waals surface area contributed by atoms with E-state index in [1.54, 1.807) is 11.1 Å². The van der Waals surface area contributed by atoms with Crippen molar-refractivity contribution in [3.63, 3.8) is 0 Å². The third-order valence-corrected chi connectivity index (χ3v) is 3.99. The van der Waals surface area contributed by atoms with E-state index < -0.39 is 5.60 Å². The molecule has 6 heteroatoms. The topological polar surface area (TPSA) is 45.7 Å². The second kappa shape index (κ2) is 6.75. The largest absolute Gasteiger partial charge is 0.444 e. The lowest BCUT2D eigenvalue weighted by atomic mass is 10.2. The van der Waals surface area contributed by atoms with Crippen LogP contribution in [-0.4, -0.2) is 52.7 Å². The Kier molecular flexibility index (Phi) is 5.22. The van der Waals surface area contributed by atoms with Gasteiger partial charge in [0.15, 0.2) is 0 Å². The molecule has 1 saturated heterocycles. The summed E-state index contributed by atoms with van der Waals surface area (Å²) in [5, 5.41) is 0. The van der Waals surface area contributed by atoms with E-state index in [1.165, 1.54) is 5.56 Å². The van der Waals surface area contributed by atoms with Crippen molar-refractivity contribution in [3.05, 3.63) is 28.5 Å². The van der Waals surface area contributed by atoms with E-state index in [0.717, 1.165) is 24.1 Å². The summed E-state index contributed by atoms with van der Waals surface area (Å²) >= 11 is 3.52. The Labute approximate surface area is 134 Å². The number of nitrogens with zero attached hydrogens (tertiary/aromatic N) is 3. The van der Waals surface area contributed by atoms with Gasteiger partial charge in [0.05, 0.1) is 0 Å². The van der Waals surface area contributed by atoms with Crippen LogP contribution < -0.4 is 0 Å². The summed E-state index contributed by atoms with van der Waals surface area (Å²) in [5.41, 5.74) is 0.784. The fraction of sp³-hybridized carbons (Fsp3) is 0.600. The average molecular weight is 356 g/mol. The van der Waals surface area contributed by atoms with Gasteiger partial charge in [0.25, 0.3) is 0 Å². The molecule has 1 amide bonds. The summed E-state index contributed by atoms with van der Waals surface area (Å²) < 4.78 is 6.43. The van der Waals surface area contributed by atoms with Crippen molar-refractivity contribution in [2.24, 2.45) is 0 Å². The third-order valence-electron chi connectivity index (χ3n) is 3.27. The predicted octanol–water partition coefficient (Wildman–Crippen LogP) is 2.90. The first-order valence-electron chi connectivity index (χ1n) is 7.14. The number of ether oxygens (including phenoxy) is 1. The minimum absolute atomic E-state index is 0.216. The van der Waals surface area contributed by atoms with Gasteiger partial charge >= 0.3 is 6.09 Å². The highest BCUT2D eigenvalue weighted by molar-refractivity contribution is 9.10. The van der Waals surface area contributed by atoms with Crippen LogP contribution >= 0.6 is 15.9 Å². The molecule has 0 bridgehead atoms. The predicted molar refractivity (Wildman–Crippen MR) is 85.0 cm³/mol. The number of hydrogen-bond acceptors (Lipinski definition) is 4. The minimum Gasteiger partial charge on any atom is -0.444 e. The molecule has 0 saturated carbocycles. The maximum absolute atomic E-state index is 12.0. The SMILES string of the molecule is CC(C)(C)OC(=O)N1CCN(Cc2ccncc2Br)CC1. The highest BCUT2D eigenvalue weighted by Crippen LogP contribution is 2.18. The maximum atomic E-state index is 12.0. The highest BCUT2D eigenvalue weighted by atomic mass is 79.9. The first kappa shape index (κ1) is 16.2. The van der Waals surface area contributed by atoms with Gasteiger partial charge in [0.2, 0.25) is 0 Å². The monoisotopic (exact) mass is 355 g/mol. The quantitative estimate of drug-likeness (QED) is 0.818. The van der Waals surface area contributed by atoms with E-state index in [4.69, 9.17) is 4.74 Å². The van der Waals surface area contributed by atoms with Crippen LogP contribution in [0.2, 0.25) is 0 Å². The number of piperazine rings is 1. The number of rotatable bonds is 2. The number of aromatic nitrogens is 1. The van der Waals surface area contributed by atoms with Gasteiger partial charge in [-0.25, -0.2) is 4.79 Å². The first-order valence-corrected chi connectivity index (χ1v) is 7.93. The molecular weight excluding hydrogens is 334 g/mol. The molecule has 1 aliphatic heterocycles. The number of halogens is 1. The van der Waals surface area contributed by atoms with Crippen LogP contribution in [-0.2, 0) is 11.3 Å². The van der Waals surface area contributed by atoms with Gasteiger partial charge < -0.3 is 9.64 Å². The molecule has 2 heterocycles. The van der Waals surface area contributed by atoms with Crippen molar-refractivity contribution in [2.45, 2.75) is 32.9 Å². The summed E-state index contributed by atoms with van der Waals surface area (Å²) in [6.45, 7) is 9.66. The fourth-order valence-corrected chi connectivity index (χ4v) is 2.56. The summed E-state index contributed by atoms with van der Waals surface area (Å²) in [4.78, 5) is 20.2. The molecule has 116 valence electrons. The zero-order valence-electron chi connectivity index (χ0n) is 12.8. The molecule has 0 aromatic carbocycles. The van der Waals surface area contributed by atoms with Crippen molar-refractivity contribution < 1.29 is 9.53 Å². The van der Waals surface area contributed by atoms with E-state index in [0.29, 0.717) is 13.1 Å². The van der Waals surface area contributed by atoms with Gasteiger partial charge in [0.1, 0.15) is 5.60 Å². The van der Waals surface area contributed by atoms with Crippen LogP contribution in [0, 0.1) is 0 Å². The Morgan fingerprint density at radius 1 is 1.33 bits per heavy atom. The first-order chi connectivity index (χ1) is 9.85. The van der Waals surface area contributed by atoms with Crippen LogP contribution in [0.4, 0.5) is 4.79 Å². The molecule has 21 heavy (non-hydrogen) atoms. The molecule has 1 aromatic rings. The summed E-state index contributed by atoms with van der Waals surface area (Å²) in [5.74, 6) is 0. The molecule has 2 rings (SSSR count). The third kappa shape index (κ3) is 4.97. The van der Waals surface area contributed by atoms with E-state index in [-0.39, 0.29) is 6.09 Å². The Bertz CT molecular complexity index is 494. The zero-order chi connectivity index (χ0) is 15.5. The van der Waals surface area contributed by atoms with E-state index >= 15 is 0 Å². The highest BCUT2D eigenvalue weighted by Gasteiger charge is 2.25. The van der Waals surface area contributed by atoms with Crippen LogP contribution in [0.1, 0.15) is 26.3 Å². The summed E-state index contributed by atoms with van der Waals surface area (Å²) in [7, 11) is 0. The van der Waals surface area contributed by atoms with Crippen LogP contribution in [0.5, 0.6) is 0 Å². The zero-order valence-corrected chi connectivity index (χ0v) is 14.4. The van der Waals surface area contributed by atoms with Crippen molar-refractivity contribution >= 4 is 22.0 Å². The average Bonchev–Trinajstić information content (AvgIpc) is 2.40. The van der Waals surface area contributed by atoms with Gasteiger partial charge in [-0.2, -0.15) is 0 Å². The van der Waals surface area contributed by atoms with Crippen molar-refractivity contribution in [3.8, 4) is 0 Å². The molecule has 0 aliphatic carbocycles. The molecule has 0 radical (unpaired) electrons. The van der Waals surface area contributed by atoms with Gasteiger partial charge in [0, 0.05) is 49.6 Å². The van der Waals surface area contributed by atoms with E-state index in [2.05, 4.69) is 25.8 Å². The van der Waals surface area contributed by atoms with Crippen molar-refractivity contribution in [2.75, 3.05) is 26.2 Å². The second-order valence-electron chi connectivity index (χ2n) is 6.21. The lowest BCUT2D eigenvalue weighted by molar-refractivity contribution is 0.0139. The molecule has 5 nitrogen and oxygen atoms in total. The van der Waals surface area contributed by atoms with Gasteiger partial charge in [-0.05, 0) is 48.3 Å².